The molecule has 1 saturated carbocycles. The molecule has 0 unspecified atom stereocenters. The lowest BCUT2D eigenvalue weighted by atomic mass is 9.64. The molecule has 2 N–H and O–H groups in total. The molecule has 1 aromatic carbocycles. The van der Waals surface area contributed by atoms with Gasteiger partial charge in [-0.15, -0.1) is 0 Å². The van der Waals surface area contributed by atoms with Crippen molar-refractivity contribution in [2.45, 2.75) is 49.7 Å². The van der Waals surface area contributed by atoms with E-state index in [0.717, 1.165) is 4.31 Å². The second-order valence-electron chi connectivity index (χ2n) is 7.55. The molecule has 0 heterocycles. The number of sulfonamides is 1. The topological polar surface area (TPSA) is 104 Å². The fourth-order valence-electron chi connectivity index (χ4n) is 3.55. The molecule has 0 spiro atoms. The molecule has 1 aromatic rings. The summed E-state index contributed by atoms with van der Waals surface area (Å²) in [6.07, 6.45) is -5.96. The Morgan fingerprint density at radius 3 is 2.38 bits per heavy atom. The number of carbonyl (C=O) groups excluding carboxylic acids is 1. The fourth-order valence-corrected chi connectivity index (χ4v) is 5.38. The molecular formula is C18H21ClF3N3O3S. The lowest BCUT2D eigenvalue weighted by molar-refractivity contribution is -0.140. The average Bonchev–Trinajstić information content (AvgIpc) is 2.58. The van der Waals surface area contributed by atoms with Crippen molar-refractivity contribution in [1.29, 1.82) is 5.26 Å². The number of rotatable bonds is 8. The first kappa shape index (κ1) is 23.4. The van der Waals surface area contributed by atoms with Gasteiger partial charge in [-0.05, 0) is 56.4 Å². The first-order valence-corrected chi connectivity index (χ1v) is 10.6. The summed E-state index contributed by atoms with van der Waals surface area (Å²) >= 11 is 5.78. The third-order valence-electron chi connectivity index (χ3n) is 4.98. The van der Waals surface area contributed by atoms with Crippen LogP contribution < -0.4 is 5.73 Å². The molecule has 6 nitrogen and oxygen atoms in total. The number of primary amides is 1. The van der Waals surface area contributed by atoms with Crippen LogP contribution in [0.15, 0.2) is 29.2 Å². The van der Waals surface area contributed by atoms with E-state index in [-0.39, 0.29) is 22.4 Å². The van der Waals surface area contributed by atoms with Crippen molar-refractivity contribution >= 4 is 27.5 Å². The zero-order valence-electron chi connectivity index (χ0n) is 15.6. The first-order valence-electron chi connectivity index (χ1n) is 8.82. The number of nitriles is 1. The molecule has 1 aliphatic rings. The second kappa shape index (κ2) is 8.50. The van der Waals surface area contributed by atoms with Crippen LogP contribution in [0.1, 0.15) is 32.6 Å². The van der Waals surface area contributed by atoms with E-state index in [4.69, 9.17) is 22.6 Å². The highest BCUT2D eigenvalue weighted by molar-refractivity contribution is 7.89. The van der Waals surface area contributed by atoms with Crippen LogP contribution in [0.5, 0.6) is 0 Å². The Morgan fingerprint density at radius 1 is 1.38 bits per heavy atom. The largest absolute Gasteiger partial charge is 0.389 e. The number of amides is 1. The van der Waals surface area contributed by atoms with Crippen LogP contribution >= 0.6 is 11.6 Å². The van der Waals surface area contributed by atoms with Gasteiger partial charge >= 0.3 is 6.18 Å². The second-order valence-corrected chi connectivity index (χ2v) is 9.87. The van der Waals surface area contributed by atoms with E-state index >= 15 is 0 Å². The minimum atomic E-state index is -4.57. The molecule has 1 atom stereocenters. The van der Waals surface area contributed by atoms with Crippen molar-refractivity contribution in [2.75, 3.05) is 6.54 Å². The monoisotopic (exact) mass is 451 g/mol. The van der Waals surface area contributed by atoms with Gasteiger partial charge in [0, 0.05) is 18.0 Å². The van der Waals surface area contributed by atoms with E-state index in [1.807, 2.05) is 0 Å². The molecule has 0 saturated heterocycles. The summed E-state index contributed by atoms with van der Waals surface area (Å²) in [4.78, 5) is 11.7. The SMILES string of the molecule is CC1(C#N)CC(CN([C@H](CCC(F)(F)F)C(N)=O)S(=O)(=O)c2ccc(Cl)cc2)C1. The molecule has 0 bridgehead atoms. The molecule has 2 rings (SSSR count). The predicted octanol–water partition coefficient (Wildman–Crippen LogP) is 3.47. The van der Waals surface area contributed by atoms with Gasteiger partial charge in [-0.3, -0.25) is 4.79 Å². The molecule has 1 fully saturated rings. The van der Waals surface area contributed by atoms with Crippen LogP contribution in [0, 0.1) is 22.7 Å². The number of benzene rings is 1. The zero-order chi connectivity index (χ0) is 22.0. The minimum absolute atomic E-state index is 0.201. The summed E-state index contributed by atoms with van der Waals surface area (Å²) in [6.45, 7) is 1.52. The van der Waals surface area contributed by atoms with E-state index in [1.165, 1.54) is 24.3 Å². The third kappa shape index (κ3) is 5.84. The van der Waals surface area contributed by atoms with E-state index in [0.29, 0.717) is 12.8 Å². The van der Waals surface area contributed by atoms with Crippen molar-refractivity contribution in [1.82, 2.24) is 4.31 Å². The number of alkyl halides is 3. The van der Waals surface area contributed by atoms with E-state index in [1.54, 1.807) is 6.92 Å². The Morgan fingerprint density at radius 2 is 1.93 bits per heavy atom. The Kier molecular flexibility index (Phi) is 6.87. The van der Waals surface area contributed by atoms with Crippen LogP contribution in [-0.2, 0) is 14.8 Å². The van der Waals surface area contributed by atoms with Gasteiger partial charge in [0.05, 0.1) is 16.4 Å². The molecule has 0 aromatic heterocycles. The molecule has 0 aliphatic heterocycles. The van der Waals surface area contributed by atoms with Crippen molar-refractivity contribution < 1.29 is 26.4 Å². The number of carbonyl (C=O) groups is 1. The van der Waals surface area contributed by atoms with E-state index in [9.17, 15) is 26.4 Å². The summed E-state index contributed by atoms with van der Waals surface area (Å²) in [5.41, 5.74) is 4.68. The standard InChI is InChI=1S/C18H21ClF3N3O3S/c1-17(11-23)8-12(9-17)10-25(15(16(24)26)6-7-18(20,21)22)29(27,28)14-4-2-13(19)3-5-14/h2-5,12,15H,6-10H2,1H3,(H2,24,26)/t12?,15-,17?/m1/s1. The van der Waals surface area contributed by atoms with Crippen molar-refractivity contribution in [3.8, 4) is 6.07 Å². The van der Waals surface area contributed by atoms with Crippen molar-refractivity contribution in [3.05, 3.63) is 29.3 Å². The van der Waals surface area contributed by atoms with Gasteiger partial charge in [-0.25, -0.2) is 8.42 Å². The molecule has 0 radical (unpaired) electrons. The maximum Gasteiger partial charge on any atom is 0.389 e. The highest BCUT2D eigenvalue weighted by atomic mass is 35.5. The van der Waals surface area contributed by atoms with Gasteiger partial charge < -0.3 is 5.73 Å². The minimum Gasteiger partial charge on any atom is -0.368 e. The maximum absolute atomic E-state index is 13.1. The van der Waals surface area contributed by atoms with Crippen molar-refractivity contribution in [3.63, 3.8) is 0 Å². The number of hydrogen-bond donors (Lipinski definition) is 1. The Hall–Kier alpha value is -1.83. The normalized spacial score (nSPS) is 23.3. The van der Waals surface area contributed by atoms with Crippen LogP contribution in [0.4, 0.5) is 13.2 Å². The highest BCUT2D eigenvalue weighted by Gasteiger charge is 2.45. The fraction of sp³-hybridized carbons (Fsp3) is 0.556. The van der Waals surface area contributed by atoms with Crippen LogP contribution in [0.2, 0.25) is 5.02 Å². The third-order valence-corrected chi connectivity index (χ3v) is 7.12. The van der Waals surface area contributed by atoms with Crippen molar-refractivity contribution in [2.24, 2.45) is 17.1 Å². The molecule has 1 amide bonds. The zero-order valence-corrected chi connectivity index (χ0v) is 17.2. The van der Waals surface area contributed by atoms with Gasteiger partial charge in [0.25, 0.3) is 0 Å². The van der Waals surface area contributed by atoms with Crippen LogP contribution in [0.3, 0.4) is 0 Å². The quantitative estimate of drug-likeness (QED) is 0.653. The summed E-state index contributed by atoms with van der Waals surface area (Å²) < 4.78 is 65.2. The summed E-state index contributed by atoms with van der Waals surface area (Å²) in [5.74, 6) is -1.43. The molecule has 160 valence electrons. The smallest absolute Gasteiger partial charge is 0.368 e. The van der Waals surface area contributed by atoms with Gasteiger partial charge in [0.15, 0.2) is 0 Å². The Labute approximate surface area is 172 Å². The van der Waals surface area contributed by atoms with Crippen LogP contribution in [0.25, 0.3) is 0 Å². The van der Waals surface area contributed by atoms with Crippen LogP contribution in [-0.4, -0.2) is 37.4 Å². The number of halogens is 4. The Balaban J connectivity index is 2.37. The summed E-state index contributed by atoms with van der Waals surface area (Å²) in [7, 11) is -4.32. The number of nitrogens with zero attached hydrogens (tertiary/aromatic N) is 2. The van der Waals surface area contributed by atoms with Gasteiger partial charge in [-0.2, -0.15) is 22.7 Å². The lowest BCUT2D eigenvalue weighted by Crippen LogP contribution is -2.52. The molecule has 1 aliphatic carbocycles. The molecule has 29 heavy (non-hydrogen) atoms. The van der Waals surface area contributed by atoms with Gasteiger partial charge in [0.1, 0.15) is 6.04 Å². The highest BCUT2D eigenvalue weighted by Crippen LogP contribution is 2.45. The predicted molar refractivity (Wildman–Crippen MR) is 100 cm³/mol. The maximum atomic E-state index is 13.1. The van der Waals surface area contributed by atoms with E-state index in [2.05, 4.69) is 6.07 Å². The summed E-state index contributed by atoms with van der Waals surface area (Å²) in [5, 5.41) is 9.42. The first-order chi connectivity index (χ1) is 13.3. The average molecular weight is 452 g/mol. The van der Waals surface area contributed by atoms with Gasteiger partial charge in [-0.1, -0.05) is 11.6 Å². The number of nitrogens with two attached hydrogens (primary N) is 1. The lowest BCUT2D eigenvalue weighted by Gasteiger charge is -2.43. The Bertz CT molecular complexity index is 892. The molecular weight excluding hydrogens is 431 g/mol. The molecule has 11 heteroatoms. The van der Waals surface area contributed by atoms with E-state index < -0.39 is 46.4 Å². The van der Waals surface area contributed by atoms with Gasteiger partial charge in [0.2, 0.25) is 15.9 Å². The number of hydrogen-bond acceptors (Lipinski definition) is 4. The summed E-state index contributed by atoms with van der Waals surface area (Å²) in [6, 6.07) is 5.56.